The molecule has 0 fully saturated rings. The zero-order valence-corrected chi connectivity index (χ0v) is 16.7. The van der Waals surface area contributed by atoms with Gasteiger partial charge in [-0.2, -0.15) is 0 Å². The summed E-state index contributed by atoms with van der Waals surface area (Å²) in [6, 6.07) is 8.95. The van der Waals surface area contributed by atoms with Crippen molar-refractivity contribution in [2.45, 2.75) is 27.7 Å². The molecule has 0 aliphatic rings. The van der Waals surface area contributed by atoms with Crippen molar-refractivity contribution in [2.24, 2.45) is 0 Å². The molecule has 4 rings (SSSR count). The molecule has 1 N–H and O–H groups in total. The quantitative estimate of drug-likeness (QED) is 0.411. The second-order valence-corrected chi connectivity index (χ2v) is 7.24. The van der Waals surface area contributed by atoms with Gasteiger partial charge in [0.2, 0.25) is 0 Å². The maximum absolute atomic E-state index is 14.1. The Kier molecular flexibility index (Phi) is 4.61. The Morgan fingerprint density at radius 2 is 1.69 bits per heavy atom. The Morgan fingerprint density at radius 1 is 1.00 bits per heavy atom. The van der Waals surface area contributed by atoms with Crippen LogP contribution < -0.4 is 0 Å². The van der Waals surface area contributed by atoms with Crippen LogP contribution in [0.2, 0.25) is 0 Å². The molecule has 0 amide bonds. The fraction of sp³-hybridized carbons (Fsp3) is 0.208. The SMILES string of the molecule is CCOC(=O)c1c(-c2cc(F)ccc2C)c(C)c(C)c2[nH]c3ccc(F)cc3c12. The van der Waals surface area contributed by atoms with Crippen molar-refractivity contribution < 1.29 is 18.3 Å². The van der Waals surface area contributed by atoms with Gasteiger partial charge in [0.1, 0.15) is 11.6 Å². The number of hydrogen-bond donors (Lipinski definition) is 1. The van der Waals surface area contributed by atoms with Gasteiger partial charge in [0.15, 0.2) is 0 Å². The lowest BCUT2D eigenvalue weighted by Gasteiger charge is -2.18. The van der Waals surface area contributed by atoms with E-state index in [9.17, 15) is 13.6 Å². The molecule has 1 heterocycles. The first-order chi connectivity index (χ1) is 13.8. The van der Waals surface area contributed by atoms with Crippen molar-refractivity contribution >= 4 is 27.8 Å². The number of benzene rings is 3. The van der Waals surface area contributed by atoms with Crippen molar-refractivity contribution in [2.75, 3.05) is 6.61 Å². The standard InChI is InChI=1S/C24H21F2NO2/c1-5-29-24(28)22-20(17-10-15(25)7-6-12(17)2)13(3)14(4)23-21(22)18-11-16(26)8-9-19(18)27-23/h6-11,27H,5H2,1-4H3. The van der Waals surface area contributed by atoms with Crippen LogP contribution in [0.25, 0.3) is 32.9 Å². The predicted octanol–water partition coefficient (Wildman–Crippen LogP) is 6.37. The summed E-state index contributed by atoms with van der Waals surface area (Å²) in [5.74, 6) is -1.29. The summed E-state index contributed by atoms with van der Waals surface area (Å²) in [6.07, 6.45) is 0. The maximum Gasteiger partial charge on any atom is 0.339 e. The Morgan fingerprint density at radius 3 is 2.41 bits per heavy atom. The highest BCUT2D eigenvalue weighted by molar-refractivity contribution is 6.21. The number of ether oxygens (including phenoxy) is 1. The van der Waals surface area contributed by atoms with E-state index in [-0.39, 0.29) is 12.4 Å². The van der Waals surface area contributed by atoms with Gasteiger partial charge in [-0.3, -0.25) is 0 Å². The van der Waals surface area contributed by atoms with E-state index < -0.39 is 11.8 Å². The molecule has 0 atom stereocenters. The number of aryl methyl sites for hydroxylation is 2. The van der Waals surface area contributed by atoms with Gasteiger partial charge < -0.3 is 9.72 Å². The number of aromatic amines is 1. The van der Waals surface area contributed by atoms with Crippen LogP contribution in [-0.2, 0) is 4.74 Å². The molecule has 0 saturated carbocycles. The van der Waals surface area contributed by atoms with Crippen LogP contribution >= 0.6 is 0 Å². The summed E-state index contributed by atoms with van der Waals surface area (Å²) in [4.78, 5) is 16.4. The molecule has 4 aromatic rings. The van der Waals surface area contributed by atoms with Crippen LogP contribution in [-0.4, -0.2) is 17.6 Å². The minimum atomic E-state index is -0.510. The van der Waals surface area contributed by atoms with E-state index in [4.69, 9.17) is 4.74 Å². The second-order valence-electron chi connectivity index (χ2n) is 7.24. The molecule has 0 aliphatic heterocycles. The first-order valence-corrected chi connectivity index (χ1v) is 9.51. The number of aromatic nitrogens is 1. The highest BCUT2D eigenvalue weighted by Gasteiger charge is 2.26. The monoisotopic (exact) mass is 393 g/mol. The molecule has 0 aliphatic carbocycles. The van der Waals surface area contributed by atoms with Gasteiger partial charge in [-0.15, -0.1) is 0 Å². The van der Waals surface area contributed by atoms with Gasteiger partial charge in [0.25, 0.3) is 0 Å². The van der Waals surface area contributed by atoms with Crippen molar-refractivity contribution in [3.8, 4) is 11.1 Å². The fourth-order valence-corrected chi connectivity index (χ4v) is 4.00. The van der Waals surface area contributed by atoms with E-state index in [0.717, 1.165) is 27.7 Å². The minimum Gasteiger partial charge on any atom is -0.462 e. The van der Waals surface area contributed by atoms with E-state index in [1.807, 2.05) is 20.8 Å². The Bertz CT molecular complexity index is 1290. The highest BCUT2D eigenvalue weighted by atomic mass is 19.1. The molecule has 148 valence electrons. The summed E-state index contributed by atoms with van der Waals surface area (Å²) < 4.78 is 33.6. The molecule has 29 heavy (non-hydrogen) atoms. The Hall–Kier alpha value is -3.21. The van der Waals surface area contributed by atoms with Gasteiger partial charge in [-0.05, 0) is 80.3 Å². The van der Waals surface area contributed by atoms with Gasteiger partial charge >= 0.3 is 5.97 Å². The molecule has 3 aromatic carbocycles. The first kappa shape index (κ1) is 19.1. The third kappa shape index (κ3) is 2.97. The van der Waals surface area contributed by atoms with Crippen LogP contribution in [0.5, 0.6) is 0 Å². The van der Waals surface area contributed by atoms with Gasteiger partial charge in [-0.25, -0.2) is 13.6 Å². The van der Waals surface area contributed by atoms with Crippen molar-refractivity contribution in [1.82, 2.24) is 4.98 Å². The number of nitrogens with one attached hydrogen (secondary N) is 1. The third-order valence-corrected chi connectivity index (χ3v) is 5.52. The molecule has 0 radical (unpaired) electrons. The van der Waals surface area contributed by atoms with E-state index in [2.05, 4.69) is 4.98 Å². The Balaban J connectivity index is 2.26. The topological polar surface area (TPSA) is 42.1 Å². The zero-order chi connectivity index (χ0) is 20.9. The Labute approximate surface area is 167 Å². The summed E-state index contributed by atoms with van der Waals surface area (Å²) in [6.45, 7) is 7.65. The largest absolute Gasteiger partial charge is 0.462 e. The molecule has 0 saturated heterocycles. The van der Waals surface area contributed by atoms with Gasteiger partial charge in [0, 0.05) is 21.9 Å². The molecule has 1 aromatic heterocycles. The van der Waals surface area contributed by atoms with Crippen molar-refractivity contribution in [3.63, 3.8) is 0 Å². The van der Waals surface area contributed by atoms with E-state index in [0.29, 0.717) is 27.5 Å². The molecular weight excluding hydrogens is 372 g/mol. The first-order valence-electron chi connectivity index (χ1n) is 9.51. The summed E-state index contributed by atoms with van der Waals surface area (Å²) in [5, 5.41) is 1.20. The normalized spacial score (nSPS) is 11.4. The van der Waals surface area contributed by atoms with Crippen molar-refractivity contribution in [1.29, 1.82) is 0 Å². The number of hydrogen-bond acceptors (Lipinski definition) is 2. The van der Waals surface area contributed by atoms with Crippen LogP contribution in [0.15, 0.2) is 36.4 Å². The van der Waals surface area contributed by atoms with Crippen LogP contribution in [0, 0.1) is 32.4 Å². The molecule has 0 unspecified atom stereocenters. The molecule has 5 heteroatoms. The van der Waals surface area contributed by atoms with E-state index in [1.165, 1.54) is 24.3 Å². The lowest BCUT2D eigenvalue weighted by molar-refractivity contribution is 0.0529. The second kappa shape index (κ2) is 6.99. The fourth-order valence-electron chi connectivity index (χ4n) is 4.00. The average Bonchev–Trinajstić information content (AvgIpc) is 3.05. The summed E-state index contributed by atoms with van der Waals surface area (Å²) in [7, 11) is 0. The third-order valence-electron chi connectivity index (χ3n) is 5.52. The highest BCUT2D eigenvalue weighted by Crippen LogP contribution is 2.41. The predicted molar refractivity (Wildman–Crippen MR) is 111 cm³/mol. The van der Waals surface area contributed by atoms with Crippen LogP contribution in [0.1, 0.15) is 34.0 Å². The lowest BCUT2D eigenvalue weighted by Crippen LogP contribution is -2.10. The number of rotatable bonds is 3. The number of carbonyl (C=O) groups excluding carboxylic acids is 1. The summed E-state index contributed by atoms with van der Waals surface area (Å²) in [5.41, 5.74) is 5.66. The molecule has 0 bridgehead atoms. The number of carbonyl (C=O) groups is 1. The van der Waals surface area contributed by atoms with Crippen LogP contribution in [0.3, 0.4) is 0 Å². The maximum atomic E-state index is 14.1. The van der Waals surface area contributed by atoms with Crippen molar-refractivity contribution in [3.05, 3.63) is 70.3 Å². The molecule has 3 nitrogen and oxygen atoms in total. The number of H-pyrrole nitrogens is 1. The molecular formula is C24H21F2NO2. The van der Waals surface area contributed by atoms with Gasteiger partial charge in [0.05, 0.1) is 17.7 Å². The zero-order valence-electron chi connectivity index (χ0n) is 16.7. The lowest BCUT2D eigenvalue weighted by atomic mass is 9.86. The molecule has 0 spiro atoms. The van der Waals surface area contributed by atoms with Gasteiger partial charge in [-0.1, -0.05) is 6.07 Å². The smallest absolute Gasteiger partial charge is 0.339 e. The van der Waals surface area contributed by atoms with E-state index >= 15 is 0 Å². The average molecular weight is 393 g/mol. The van der Waals surface area contributed by atoms with E-state index in [1.54, 1.807) is 19.1 Å². The summed E-state index contributed by atoms with van der Waals surface area (Å²) >= 11 is 0. The van der Waals surface area contributed by atoms with Crippen LogP contribution in [0.4, 0.5) is 8.78 Å². The number of halogens is 2. The number of fused-ring (bicyclic) bond motifs is 3. The minimum absolute atomic E-state index is 0.200. The number of esters is 1.